The highest BCUT2D eigenvalue weighted by molar-refractivity contribution is 6.31. The zero-order valence-electron chi connectivity index (χ0n) is 12.6. The minimum absolute atomic E-state index is 0.0180. The molecular weight excluding hydrogens is 284 g/mol. The number of likely N-dealkylation sites (tertiary alicyclic amines) is 1. The zero-order valence-corrected chi connectivity index (χ0v) is 13.3. The van der Waals surface area contributed by atoms with Crippen LogP contribution in [0.5, 0.6) is 0 Å². The number of hydrogen-bond acceptors (Lipinski definition) is 1. The number of fused-ring (bicyclic) bond motifs is 1. The van der Waals surface area contributed by atoms with E-state index in [4.69, 9.17) is 11.6 Å². The molecule has 0 radical (unpaired) electrons. The molecule has 1 heterocycles. The van der Waals surface area contributed by atoms with Crippen molar-refractivity contribution in [2.75, 3.05) is 18.4 Å². The van der Waals surface area contributed by atoms with Crippen molar-refractivity contribution in [3.05, 3.63) is 28.8 Å². The number of amides is 2. The number of nitrogens with one attached hydrogen (secondary N) is 1. The van der Waals surface area contributed by atoms with Crippen LogP contribution in [-0.4, -0.2) is 24.0 Å². The van der Waals surface area contributed by atoms with E-state index in [9.17, 15) is 4.79 Å². The van der Waals surface area contributed by atoms with E-state index in [1.54, 1.807) is 0 Å². The van der Waals surface area contributed by atoms with Gasteiger partial charge in [-0.3, -0.25) is 0 Å². The minimum Gasteiger partial charge on any atom is -0.324 e. The Balaban J connectivity index is 1.64. The number of anilines is 1. The monoisotopic (exact) mass is 306 g/mol. The van der Waals surface area contributed by atoms with E-state index in [0.717, 1.165) is 36.7 Å². The van der Waals surface area contributed by atoms with Crippen molar-refractivity contribution < 1.29 is 4.79 Å². The summed E-state index contributed by atoms with van der Waals surface area (Å²) in [6, 6.07) is 5.62. The molecule has 1 aromatic rings. The Morgan fingerprint density at radius 2 is 2.00 bits per heavy atom. The lowest BCUT2D eigenvalue weighted by molar-refractivity contribution is 0.108. The maximum absolute atomic E-state index is 12.5. The predicted octanol–water partition coefficient (Wildman–Crippen LogP) is 4.69. The lowest BCUT2D eigenvalue weighted by Gasteiger charge is -2.41. The first-order chi connectivity index (χ1) is 10.1. The van der Waals surface area contributed by atoms with Crippen molar-refractivity contribution >= 4 is 23.3 Å². The molecule has 2 fully saturated rings. The predicted molar refractivity (Wildman–Crippen MR) is 86.8 cm³/mol. The van der Waals surface area contributed by atoms with Gasteiger partial charge < -0.3 is 10.2 Å². The van der Waals surface area contributed by atoms with Crippen molar-refractivity contribution in [2.24, 2.45) is 11.8 Å². The van der Waals surface area contributed by atoms with Gasteiger partial charge in [-0.05, 0) is 49.3 Å². The molecule has 21 heavy (non-hydrogen) atoms. The number of nitrogens with zero attached hydrogens (tertiary/aromatic N) is 1. The minimum atomic E-state index is 0.0180. The van der Waals surface area contributed by atoms with E-state index in [0.29, 0.717) is 10.9 Å². The van der Waals surface area contributed by atoms with Gasteiger partial charge in [-0.1, -0.05) is 36.9 Å². The molecule has 1 saturated heterocycles. The van der Waals surface area contributed by atoms with E-state index >= 15 is 0 Å². The van der Waals surface area contributed by atoms with Crippen LogP contribution in [0.1, 0.15) is 37.7 Å². The molecule has 1 N–H and O–H groups in total. The summed E-state index contributed by atoms with van der Waals surface area (Å²) in [6.45, 7) is 3.78. The molecule has 2 aliphatic rings. The number of hydrogen-bond donors (Lipinski definition) is 1. The first kappa shape index (κ1) is 14.7. The van der Waals surface area contributed by atoms with Gasteiger partial charge in [-0.15, -0.1) is 0 Å². The van der Waals surface area contributed by atoms with Crippen LogP contribution in [0.25, 0.3) is 0 Å². The number of urea groups is 1. The number of aryl methyl sites for hydroxylation is 1. The number of carbonyl (C=O) groups is 1. The number of carbonyl (C=O) groups excluding carboxylic acids is 1. The van der Waals surface area contributed by atoms with Gasteiger partial charge in [0.15, 0.2) is 0 Å². The Labute approximate surface area is 131 Å². The third kappa shape index (κ3) is 3.34. The van der Waals surface area contributed by atoms with Crippen molar-refractivity contribution in [3.8, 4) is 0 Å². The summed E-state index contributed by atoms with van der Waals surface area (Å²) in [6.07, 6.45) is 6.49. The molecular formula is C17H23ClN2O. The molecule has 1 saturated carbocycles. The fourth-order valence-electron chi connectivity index (χ4n) is 3.71. The fraction of sp³-hybridized carbons (Fsp3) is 0.588. The topological polar surface area (TPSA) is 32.3 Å². The second-order valence-electron chi connectivity index (χ2n) is 6.43. The summed E-state index contributed by atoms with van der Waals surface area (Å²) in [4.78, 5) is 14.5. The van der Waals surface area contributed by atoms with Crippen LogP contribution >= 0.6 is 11.6 Å². The SMILES string of the molecule is Cc1ccc(Cl)cc1NC(=O)N1CC[C@@H]2CCCC[C@@H]2C1. The maximum Gasteiger partial charge on any atom is 0.321 e. The van der Waals surface area contributed by atoms with Gasteiger partial charge in [-0.25, -0.2) is 4.79 Å². The quantitative estimate of drug-likeness (QED) is 0.802. The highest BCUT2D eigenvalue weighted by Gasteiger charge is 2.32. The Hall–Kier alpha value is -1.22. The molecule has 1 aromatic carbocycles. The Morgan fingerprint density at radius 1 is 1.24 bits per heavy atom. The average Bonchev–Trinajstić information content (AvgIpc) is 2.50. The van der Waals surface area contributed by atoms with Crippen LogP contribution in [0.2, 0.25) is 5.02 Å². The van der Waals surface area contributed by atoms with Gasteiger partial charge in [0.1, 0.15) is 0 Å². The summed E-state index contributed by atoms with van der Waals surface area (Å²) < 4.78 is 0. The highest BCUT2D eigenvalue weighted by Crippen LogP contribution is 2.36. The second-order valence-corrected chi connectivity index (χ2v) is 6.87. The Bertz CT molecular complexity index is 532. The van der Waals surface area contributed by atoms with E-state index < -0.39 is 0 Å². The van der Waals surface area contributed by atoms with E-state index in [1.807, 2.05) is 30.0 Å². The van der Waals surface area contributed by atoms with Crippen molar-refractivity contribution in [1.82, 2.24) is 4.90 Å². The van der Waals surface area contributed by atoms with Crippen LogP contribution in [0.3, 0.4) is 0 Å². The molecule has 0 unspecified atom stereocenters. The number of piperidine rings is 1. The van der Waals surface area contributed by atoms with Crippen LogP contribution in [-0.2, 0) is 0 Å². The third-order valence-corrected chi connectivity index (χ3v) is 5.25. The summed E-state index contributed by atoms with van der Waals surface area (Å²) in [5, 5.41) is 3.67. The summed E-state index contributed by atoms with van der Waals surface area (Å²) in [7, 11) is 0. The first-order valence-electron chi connectivity index (χ1n) is 7.95. The van der Waals surface area contributed by atoms with Gasteiger partial charge >= 0.3 is 6.03 Å². The summed E-state index contributed by atoms with van der Waals surface area (Å²) in [5.41, 5.74) is 1.86. The molecule has 3 rings (SSSR count). The molecule has 1 aliphatic carbocycles. The van der Waals surface area contributed by atoms with Crippen LogP contribution in [0.15, 0.2) is 18.2 Å². The molecule has 2 atom stereocenters. The van der Waals surface area contributed by atoms with E-state index in [1.165, 1.54) is 25.7 Å². The second kappa shape index (κ2) is 6.27. The maximum atomic E-state index is 12.5. The average molecular weight is 307 g/mol. The van der Waals surface area contributed by atoms with Gasteiger partial charge in [0.2, 0.25) is 0 Å². The Kier molecular flexibility index (Phi) is 4.39. The van der Waals surface area contributed by atoms with Crippen LogP contribution in [0.4, 0.5) is 10.5 Å². The van der Waals surface area contributed by atoms with Gasteiger partial charge in [0.05, 0.1) is 0 Å². The van der Waals surface area contributed by atoms with Crippen molar-refractivity contribution in [2.45, 2.75) is 39.0 Å². The Morgan fingerprint density at radius 3 is 2.81 bits per heavy atom. The highest BCUT2D eigenvalue weighted by atomic mass is 35.5. The zero-order chi connectivity index (χ0) is 14.8. The van der Waals surface area contributed by atoms with Crippen LogP contribution < -0.4 is 5.32 Å². The first-order valence-corrected chi connectivity index (χ1v) is 8.33. The molecule has 0 aromatic heterocycles. The molecule has 4 heteroatoms. The third-order valence-electron chi connectivity index (χ3n) is 5.02. The largest absolute Gasteiger partial charge is 0.324 e. The molecule has 0 spiro atoms. The number of benzene rings is 1. The molecule has 0 bridgehead atoms. The normalized spacial score (nSPS) is 25.3. The van der Waals surface area contributed by atoms with Crippen LogP contribution in [0, 0.1) is 18.8 Å². The summed E-state index contributed by atoms with van der Waals surface area (Å²) in [5.74, 6) is 1.55. The lowest BCUT2D eigenvalue weighted by Crippen LogP contribution is -2.46. The lowest BCUT2D eigenvalue weighted by atomic mass is 9.75. The fourth-order valence-corrected chi connectivity index (χ4v) is 3.88. The number of rotatable bonds is 1. The smallest absolute Gasteiger partial charge is 0.321 e. The molecule has 1 aliphatic heterocycles. The van der Waals surface area contributed by atoms with Gasteiger partial charge in [0, 0.05) is 23.8 Å². The molecule has 114 valence electrons. The van der Waals surface area contributed by atoms with Gasteiger partial charge in [0.25, 0.3) is 0 Å². The standard InChI is InChI=1S/C17H23ClN2O/c1-12-6-7-15(18)10-16(12)19-17(21)20-9-8-13-4-2-3-5-14(13)11-20/h6-7,10,13-14H,2-5,8-9,11H2,1H3,(H,19,21)/t13-,14+/m0/s1. The van der Waals surface area contributed by atoms with Crippen molar-refractivity contribution in [3.63, 3.8) is 0 Å². The van der Waals surface area contributed by atoms with E-state index in [-0.39, 0.29) is 6.03 Å². The summed E-state index contributed by atoms with van der Waals surface area (Å²) >= 11 is 6.01. The van der Waals surface area contributed by atoms with E-state index in [2.05, 4.69) is 5.32 Å². The van der Waals surface area contributed by atoms with Gasteiger partial charge in [-0.2, -0.15) is 0 Å². The molecule has 3 nitrogen and oxygen atoms in total. The molecule has 2 amide bonds. The van der Waals surface area contributed by atoms with Crippen molar-refractivity contribution in [1.29, 1.82) is 0 Å². The number of halogens is 1.